The van der Waals surface area contributed by atoms with E-state index in [9.17, 15) is 19.5 Å². The molecule has 2 aromatic rings. The molecule has 6 nitrogen and oxygen atoms in total. The Morgan fingerprint density at radius 3 is 2.58 bits per heavy atom. The van der Waals surface area contributed by atoms with E-state index in [4.69, 9.17) is 0 Å². The molecular formula is C12H8BrNO5. The van der Waals surface area contributed by atoms with Crippen molar-refractivity contribution in [3.8, 4) is 0 Å². The molecule has 0 radical (unpaired) electrons. The molecule has 0 saturated heterocycles. The Labute approximate surface area is 115 Å². The molecule has 2 rings (SSSR count). The van der Waals surface area contributed by atoms with Crippen LogP contribution in [0.4, 0.5) is 4.79 Å². The van der Waals surface area contributed by atoms with Crippen molar-refractivity contribution in [2.75, 3.05) is 7.11 Å². The summed E-state index contributed by atoms with van der Waals surface area (Å²) < 4.78 is 5.77. The molecule has 1 aromatic heterocycles. The normalized spacial score (nSPS) is 10.4. The third-order valence-corrected chi connectivity index (χ3v) is 3.20. The maximum absolute atomic E-state index is 11.6. The highest BCUT2D eigenvalue weighted by atomic mass is 79.9. The first kappa shape index (κ1) is 13.3. The molecule has 1 N–H and O–H groups in total. The zero-order valence-electron chi connectivity index (χ0n) is 9.71. The summed E-state index contributed by atoms with van der Waals surface area (Å²) in [5, 5.41) is 9.67. The highest BCUT2D eigenvalue weighted by Gasteiger charge is 2.22. The van der Waals surface area contributed by atoms with Crippen molar-refractivity contribution >= 4 is 45.2 Å². The van der Waals surface area contributed by atoms with E-state index >= 15 is 0 Å². The van der Waals surface area contributed by atoms with Crippen LogP contribution in [-0.4, -0.2) is 35.1 Å². The van der Waals surface area contributed by atoms with Crippen molar-refractivity contribution in [2.24, 2.45) is 0 Å². The van der Waals surface area contributed by atoms with Gasteiger partial charge in [-0.3, -0.25) is 4.79 Å². The fourth-order valence-electron chi connectivity index (χ4n) is 1.84. The number of aldehydes is 1. The van der Waals surface area contributed by atoms with E-state index in [0.29, 0.717) is 27.2 Å². The van der Waals surface area contributed by atoms with E-state index in [0.717, 1.165) is 11.7 Å². The summed E-state index contributed by atoms with van der Waals surface area (Å²) in [4.78, 5) is 33.7. The van der Waals surface area contributed by atoms with E-state index in [1.807, 2.05) is 0 Å². The predicted octanol–water partition coefficient (Wildman–Crippen LogP) is 2.53. The van der Waals surface area contributed by atoms with Gasteiger partial charge in [-0.1, -0.05) is 0 Å². The SMILES string of the molecule is COC(=O)c1cc2cc(C=O)cc(Br)c2n1C(=O)O. The van der Waals surface area contributed by atoms with Crippen LogP contribution in [0.25, 0.3) is 10.9 Å². The lowest BCUT2D eigenvalue weighted by molar-refractivity contribution is 0.0588. The van der Waals surface area contributed by atoms with Gasteiger partial charge in [0.25, 0.3) is 0 Å². The number of halogens is 1. The van der Waals surface area contributed by atoms with Crippen molar-refractivity contribution in [1.29, 1.82) is 0 Å². The van der Waals surface area contributed by atoms with E-state index in [1.165, 1.54) is 18.2 Å². The third kappa shape index (κ3) is 2.12. The molecule has 0 aliphatic heterocycles. The average Bonchev–Trinajstić information content (AvgIpc) is 2.77. The first-order valence-corrected chi connectivity index (χ1v) is 5.90. The molecule has 1 aromatic carbocycles. The Morgan fingerprint density at radius 2 is 2.05 bits per heavy atom. The first-order valence-electron chi connectivity index (χ1n) is 5.11. The summed E-state index contributed by atoms with van der Waals surface area (Å²) in [5.41, 5.74) is 0.547. The number of methoxy groups -OCH3 is 1. The number of fused-ring (bicyclic) bond motifs is 1. The predicted molar refractivity (Wildman–Crippen MR) is 69.8 cm³/mol. The number of ether oxygens (including phenoxy) is 1. The van der Waals surface area contributed by atoms with E-state index in [-0.39, 0.29) is 5.69 Å². The van der Waals surface area contributed by atoms with Crippen LogP contribution < -0.4 is 0 Å². The monoisotopic (exact) mass is 325 g/mol. The van der Waals surface area contributed by atoms with Gasteiger partial charge in [0.2, 0.25) is 0 Å². The quantitative estimate of drug-likeness (QED) is 0.677. The minimum atomic E-state index is -1.31. The van der Waals surface area contributed by atoms with Crippen molar-refractivity contribution in [3.05, 3.63) is 33.9 Å². The standard InChI is InChI=1S/C12H8BrNO5/c1-19-11(16)9-4-7-2-6(5-15)3-8(13)10(7)14(9)12(17)18/h2-5H,1H3,(H,17,18). The maximum Gasteiger partial charge on any atom is 0.416 e. The molecular weight excluding hydrogens is 318 g/mol. The number of rotatable bonds is 2. The highest BCUT2D eigenvalue weighted by molar-refractivity contribution is 9.10. The third-order valence-electron chi connectivity index (χ3n) is 2.59. The average molecular weight is 326 g/mol. The van der Waals surface area contributed by atoms with Gasteiger partial charge < -0.3 is 9.84 Å². The Morgan fingerprint density at radius 1 is 1.37 bits per heavy atom. The number of hydrogen-bond acceptors (Lipinski definition) is 4. The number of carboxylic acid groups (broad SMARTS) is 1. The highest BCUT2D eigenvalue weighted by Crippen LogP contribution is 2.29. The lowest BCUT2D eigenvalue weighted by Gasteiger charge is -2.04. The van der Waals surface area contributed by atoms with Gasteiger partial charge >= 0.3 is 12.1 Å². The number of nitrogens with zero attached hydrogens (tertiary/aromatic N) is 1. The van der Waals surface area contributed by atoms with Gasteiger partial charge in [-0.15, -0.1) is 0 Å². The summed E-state index contributed by atoms with van der Waals surface area (Å²) in [5.74, 6) is -0.766. The fraction of sp³-hybridized carbons (Fsp3) is 0.0833. The Bertz CT molecular complexity index is 704. The summed E-state index contributed by atoms with van der Waals surface area (Å²) in [6, 6.07) is 4.35. The number of benzene rings is 1. The van der Waals surface area contributed by atoms with E-state index in [2.05, 4.69) is 20.7 Å². The Balaban J connectivity index is 2.88. The van der Waals surface area contributed by atoms with Crippen LogP contribution in [0.2, 0.25) is 0 Å². The molecule has 0 aliphatic rings. The van der Waals surface area contributed by atoms with Gasteiger partial charge in [-0.2, -0.15) is 0 Å². The Hall–Kier alpha value is -2.15. The van der Waals surface area contributed by atoms with Crippen molar-refractivity contribution in [3.63, 3.8) is 0 Å². The molecule has 7 heteroatoms. The van der Waals surface area contributed by atoms with Crippen LogP contribution in [0.15, 0.2) is 22.7 Å². The summed E-state index contributed by atoms with van der Waals surface area (Å²) in [6.07, 6.45) is -0.671. The molecule has 0 fully saturated rings. The summed E-state index contributed by atoms with van der Waals surface area (Å²) >= 11 is 3.20. The summed E-state index contributed by atoms with van der Waals surface area (Å²) in [7, 11) is 1.16. The molecule has 0 unspecified atom stereocenters. The molecule has 19 heavy (non-hydrogen) atoms. The maximum atomic E-state index is 11.6. The second-order valence-corrected chi connectivity index (χ2v) is 4.55. The van der Waals surface area contributed by atoms with Crippen LogP contribution in [0.5, 0.6) is 0 Å². The summed E-state index contributed by atoms with van der Waals surface area (Å²) in [6.45, 7) is 0. The number of hydrogen-bond donors (Lipinski definition) is 1. The molecule has 98 valence electrons. The van der Waals surface area contributed by atoms with Crippen LogP contribution >= 0.6 is 15.9 Å². The number of aromatic nitrogens is 1. The van der Waals surface area contributed by atoms with Crippen LogP contribution in [0.3, 0.4) is 0 Å². The largest absolute Gasteiger partial charge is 0.464 e. The molecule has 1 heterocycles. The van der Waals surface area contributed by atoms with Crippen LogP contribution in [-0.2, 0) is 4.74 Å². The lowest BCUT2D eigenvalue weighted by Crippen LogP contribution is -2.16. The van der Waals surface area contributed by atoms with Crippen molar-refractivity contribution in [2.45, 2.75) is 0 Å². The zero-order chi connectivity index (χ0) is 14.2. The molecule has 0 spiro atoms. The molecule has 0 saturated carbocycles. The molecule has 0 amide bonds. The smallest absolute Gasteiger partial charge is 0.416 e. The second-order valence-electron chi connectivity index (χ2n) is 3.70. The number of esters is 1. The topological polar surface area (TPSA) is 85.6 Å². The van der Waals surface area contributed by atoms with Gasteiger partial charge in [0, 0.05) is 15.4 Å². The second kappa shape index (κ2) is 4.85. The first-order chi connectivity index (χ1) is 8.99. The zero-order valence-corrected chi connectivity index (χ0v) is 11.3. The van der Waals surface area contributed by atoms with Gasteiger partial charge in [0.1, 0.15) is 12.0 Å². The molecule has 0 bridgehead atoms. The minimum Gasteiger partial charge on any atom is -0.464 e. The van der Waals surface area contributed by atoms with Crippen molar-refractivity contribution < 1.29 is 24.2 Å². The van der Waals surface area contributed by atoms with Gasteiger partial charge in [-0.25, -0.2) is 14.2 Å². The van der Waals surface area contributed by atoms with Crippen molar-refractivity contribution in [1.82, 2.24) is 4.57 Å². The van der Waals surface area contributed by atoms with Crippen LogP contribution in [0.1, 0.15) is 20.8 Å². The van der Waals surface area contributed by atoms with Crippen LogP contribution in [0, 0.1) is 0 Å². The van der Waals surface area contributed by atoms with E-state index in [1.54, 1.807) is 0 Å². The molecule has 0 atom stereocenters. The molecule has 0 aliphatic carbocycles. The minimum absolute atomic E-state index is 0.117. The number of carbonyl (C=O) groups excluding carboxylic acids is 2. The fourth-order valence-corrected chi connectivity index (χ4v) is 2.51. The number of carbonyl (C=O) groups is 3. The van der Waals surface area contributed by atoms with Gasteiger partial charge in [0.05, 0.1) is 12.6 Å². The van der Waals surface area contributed by atoms with Gasteiger partial charge in [-0.05, 0) is 34.1 Å². The van der Waals surface area contributed by atoms with Gasteiger partial charge in [0.15, 0.2) is 0 Å². The Kier molecular flexibility index (Phi) is 3.39. The lowest BCUT2D eigenvalue weighted by atomic mass is 10.2. The van der Waals surface area contributed by atoms with E-state index < -0.39 is 12.1 Å².